The molecule has 6 heteroatoms. The first-order chi connectivity index (χ1) is 9.30. The van der Waals surface area contributed by atoms with Crippen LogP contribution in [0.4, 0.5) is 0 Å². The van der Waals surface area contributed by atoms with Gasteiger partial charge < -0.3 is 14.0 Å². The van der Waals surface area contributed by atoms with Crippen molar-refractivity contribution < 1.29 is 14.0 Å². The van der Waals surface area contributed by atoms with Crippen LogP contribution in [0.2, 0.25) is 0 Å². The topological polar surface area (TPSA) is 45.5 Å². The van der Waals surface area contributed by atoms with Gasteiger partial charge in [-0.1, -0.05) is 0 Å². The Morgan fingerprint density at radius 2 is 1.90 bits per heavy atom. The number of aromatic nitrogens is 2. The molecule has 1 aromatic heterocycles. The monoisotopic (exact) mass is 278 g/mol. The largest absolute Gasteiger partial charge is 0.516 e. The summed E-state index contributed by atoms with van der Waals surface area (Å²) < 4.78 is 19.6. The van der Waals surface area contributed by atoms with Crippen LogP contribution in [0.25, 0.3) is 0 Å². The van der Waals surface area contributed by atoms with Crippen LogP contribution >= 0.6 is 0 Å². The fraction of sp³-hybridized carbons (Fsp3) is 0.786. The van der Waals surface area contributed by atoms with Crippen molar-refractivity contribution in [1.82, 2.24) is 9.78 Å². The van der Waals surface area contributed by atoms with Crippen molar-refractivity contribution >= 4 is 12.7 Å². The lowest BCUT2D eigenvalue weighted by Crippen LogP contribution is -2.41. The maximum absolute atomic E-state index is 6.08. The Morgan fingerprint density at radius 3 is 2.45 bits per heavy atom. The van der Waals surface area contributed by atoms with Gasteiger partial charge in [-0.25, -0.2) is 0 Å². The van der Waals surface area contributed by atoms with Gasteiger partial charge in [-0.15, -0.1) is 0 Å². The summed E-state index contributed by atoms with van der Waals surface area (Å²) in [6, 6.07) is 0.338. The van der Waals surface area contributed by atoms with E-state index in [4.69, 9.17) is 19.1 Å². The molecule has 2 aliphatic rings. The second-order valence-corrected chi connectivity index (χ2v) is 6.78. The third-order valence-electron chi connectivity index (χ3n) is 4.71. The Kier molecular flexibility index (Phi) is 3.23. The average Bonchev–Trinajstić information content (AvgIpc) is 2.98. The van der Waals surface area contributed by atoms with Crippen molar-refractivity contribution in [3.05, 3.63) is 11.8 Å². The van der Waals surface area contributed by atoms with Gasteiger partial charge in [0.2, 0.25) is 0 Å². The highest BCUT2D eigenvalue weighted by Crippen LogP contribution is 2.36. The molecule has 0 spiro atoms. The molecule has 0 aromatic carbocycles. The molecular formula is C14H23BN2O3. The Balaban J connectivity index is 1.85. The summed E-state index contributed by atoms with van der Waals surface area (Å²) >= 11 is 0. The van der Waals surface area contributed by atoms with Crippen molar-refractivity contribution in [2.75, 3.05) is 13.2 Å². The van der Waals surface area contributed by atoms with E-state index in [-0.39, 0.29) is 18.3 Å². The van der Waals surface area contributed by atoms with Crippen LogP contribution in [0.1, 0.15) is 45.7 Å². The molecule has 0 amide bonds. The number of hydrogen-bond acceptors (Lipinski definition) is 4. The summed E-state index contributed by atoms with van der Waals surface area (Å²) in [6.07, 6.45) is 3.09. The second kappa shape index (κ2) is 4.58. The molecule has 2 fully saturated rings. The molecular weight excluding hydrogens is 255 g/mol. The summed E-state index contributed by atoms with van der Waals surface area (Å²) in [4.78, 5) is 0. The summed E-state index contributed by atoms with van der Waals surface area (Å²) in [5.74, 6) is 0. The van der Waals surface area contributed by atoms with Gasteiger partial charge in [0.25, 0.3) is 0 Å². The molecule has 0 aliphatic carbocycles. The number of hydrogen-bond donors (Lipinski definition) is 0. The number of rotatable bonds is 2. The van der Waals surface area contributed by atoms with E-state index >= 15 is 0 Å². The predicted octanol–water partition coefficient (Wildman–Crippen LogP) is 1.45. The second-order valence-electron chi connectivity index (χ2n) is 6.78. The van der Waals surface area contributed by atoms with Gasteiger partial charge in [-0.05, 0) is 46.6 Å². The van der Waals surface area contributed by atoms with Gasteiger partial charge in [0.05, 0.1) is 29.4 Å². The quantitative estimate of drug-likeness (QED) is 0.768. The molecule has 0 radical (unpaired) electrons. The lowest BCUT2D eigenvalue weighted by molar-refractivity contribution is 0.00578. The van der Waals surface area contributed by atoms with Crippen molar-refractivity contribution in [3.8, 4) is 0 Å². The SMILES string of the molecule is Cc1cn(C2CCOC2)nc1B1OC(C)(C)C(C)(C)O1. The molecule has 3 heterocycles. The maximum atomic E-state index is 6.08. The van der Waals surface area contributed by atoms with Crippen molar-refractivity contribution in [2.24, 2.45) is 0 Å². The summed E-state index contributed by atoms with van der Waals surface area (Å²) in [6.45, 7) is 11.8. The van der Waals surface area contributed by atoms with Gasteiger partial charge in [0.1, 0.15) is 0 Å². The van der Waals surface area contributed by atoms with E-state index < -0.39 is 0 Å². The molecule has 0 saturated carbocycles. The Morgan fingerprint density at radius 1 is 1.25 bits per heavy atom. The smallest absolute Gasteiger partial charge is 0.398 e. The molecule has 0 bridgehead atoms. The van der Waals surface area contributed by atoms with Crippen LogP contribution in [0, 0.1) is 6.92 Å². The first-order valence-corrected chi connectivity index (χ1v) is 7.29. The Hall–Kier alpha value is -0.845. The van der Waals surface area contributed by atoms with Gasteiger partial charge in [0, 0.05) is 12.8 Å². The van der Waals surface area contributed by atoms with E-state index in [0.29, 0.717) is 6.04 Å². The van der Waals surface area contributed by atoms with Gasteiger partial charge in [-0.2, -0.15) is 5.10 Å². The van der Waals surface area contributed by atoms with Crippen LogP contribution in [0.5, 0.6) is 0 Å². The van der Waals surface area contributed by atoms with Crippen LogP contribution in [0.3, 0.4) is 0 Å². The molecule has 1 aromatic rings. The molecule has 1 unspecified atom stereocenters. The first kappa shape index (κ1) is 14.1. The Labute approximate surface area is 120 Å². The molecule has 2 saturated heterocycles. The van der Waals surface area contributed by atoms with E-state index in [1.54, 1.807) is 0 Å². The Bertz CT molecular complexity index is 491. The van der Waals surface area contributed by atoms with Crippen LogP contribution in [-0.2, 0) is 14.0 Å². The molecule has 5 nitrogen and oxygen atoms in total. The summed E-state index contributed by atoms with van der Waals surface area (Å²) in [7, 11) is -0.386. The third kappa shape index (κ3) is 2.20. The highest BCUT2D eigenvalue weighted by molar-refractivity contribution is 6.61. The number of ether oxygens (including phenoxy) is 1. The van der Waals surface area contributed by atoms with E-state index in [0.717, 1.165) is 30.8 Å². The van der Waals surface area contributed by atoms with E-state index in [2.05, 4.69) is 40.8 Å². The number of aryl methyl sites for hydroxylation is 1. The van der Waals surface area contributed by atoms with Crippen molar-refractivity contribution in [1.29, 1.82) is 0 Å². The highest BCUT2D eigenvalue weighted by atomic mass is 16.7. The minimum absolute atomic E-state index is 0.329. The van der Waals surface area contributed by atoms with Gasteiger partial charge in [-0.3, -0.25) is 4.68 Å². The zero-order valence-corrected chi connectivity index (χ0v) is 13.0. The normalized spacial score (nSPS) is 28.2. The third-order valence-corrected chi connectivity index (χ3v) is 4.71. The van der Waals surface area contributed by atoms with Crippen LogP contribution in [-0.4, -0.2) is 41.3 Å². The molecule has 110 valence electrons. The molecule has 1 atom stereocenters. The van der Waals surface area contributed by atoms with E-state index in [1.165, 1.54) is 0 Å². The lowest BCUT2D eigenvalue weighted by atomic mass is 9.82. The molecule has 20 heavy (non-hydrogen) atoms. The minimum Gasteiger partial charge on any atom is -0.398 e. The molecule has 3 rings (SSSR count). The minimum atomic E-state index is -0.386. The first-order valence-electron chi connectivity index (χ1n) is 7.29. The van der Waals surface area contributed by atoms with E-state index in [1.807, 2.05) is 4.68 Å². The van der Waals surface area contributed by atoms with Crippen molar-refractivity contribution in [2.45, 2.75) is 58.3 Å². The molecule has 2 aliphatic heterocycles. The standard InChI is InChI=1S/C14H23BN2O3/c1-10-8-17(11-6-7-18-9-11)16-12(10)15-19-13(2,3)14(4,5)20-15/h8,11H,6-7,9H2,1-5H3. The van der Waals surface area contributed by atoms with E-state index in [9.17, 15) is 0 Å². The van der Waals surface area contributed by atoms with Gasteiger partial charge in [0.15, 0.2) is 0 Å². The predicted molar refractivity (Wildman–Crippen MR) is 77.2 cm³/mol. The van der Waals surface area contributed by atoms with Crippen LogP contribution in [0.15, 0.2) is 6.20 Å². The lowest BCUT2D eigenvalue weighted by Gasteiger charge is -2.32. The zero-order valence-electron chi connectivity index (χ0n) is 13.0. The van der Waals surface area contributed by atoms with Crippen molar-refractivity contribution in [3.63, 3.8) is 0 Å². The fourth-order valence-electron chi connectivity index (χ4n) is 2.60. The van der Waals surface area contributed by atoms with Gasteiger partial charge >= 0.3 is 7.12 Å². The maximum Gasteiger partial charge on any atom is 0.516 e. The number of nitrogens with zero attached hydrogens (tertiary/aromatic N) is 2. The zero-order chi connectivity index (χ0) is 14.5. The van der Waals surface area contributed by atoms with Crippen LogP contribution < -0.4 is 5.59 Å². The summed E-state index contributed by atoms with van der Waals surface area (Å²) in [5.41, 5.74) is 1.33. The highest BCUT2D eigenvalue weighted by Gasteiger charge is 2.53. The summed E-state index contributed by atoms with van der Waals surface area (Å²) in [5, 5.41) is 4.69. The molecule has 0 N–H and O–H groups in total. The average molecular weight is 278 g/mol. The fourth-order valence-corrected chi connectivity index (χ4v) is 2.60.